The Morgan fingerprint density at radius 2 is 1.93 bits per heavy atom. The molecule has 8 heteroatoms. The van der Waals surface area contributed by atoms with Crippen molar-refractivity contribution in [2.45, 2.75) is 26.4 Å². The van der Waals surface area contributed by atoms with Gasteiger partial charge in [0.1, 0.15) is 22.5 Å². The molecule has 6 nitrogen and oxygen atoms in total. The lowest BCUT2D eigenvalue weighted by Crippen LogP contribution is -2.18. The molecule has 2 aromatic carbocycles. The smallest absolute Gasteiger partial charge is 0.151 e. The van der Waals surface area contributed by atoms with Gasteiger partial charge in [0.15, 0.2) is 5.82 Å². The minimum Gasteiger partial charge on any atom is -0.306 e. The molecule has 4 aromatic rings. The van der Waals surface area contributed by atoms with Crippen LogP contribution in [0.2, 0.25) is 0 Å². The zero-order valence-corrected chi connectivity index (χ0v) is 14.8. The van der Waals surface area contributed by atoms with Gasteiger partial charge in [-0.25, -0.2) is 18.1 Å². The highest BCUT2D eigenvalue weighted by atomic mass is 19.1. The molecule has 0 spiro atoms. The van der Waals surface area contributed by atoms with Crippen molar-refractivity contribution in [1.82, 2.24) is 25.4 Å². The van der Waals surface area contributed by atoms with Gasteiger partial charge in [-0.2, -0.15) is 5.10 Å². The quantitative estimate of drug-likeness (QED) is 0.579. The second-order valence-corrected chi connectivity index (χ2v) is 6.38. The predicted molar refractivity (Wildman–Crippen MR) is 95.3 cm³/mol. The summed E-state index contributed by atoms with van der Waals surface area (Å²) in [6, 6.07) is 9.16. The largest absolute Gasteiger partial charge is 0.306 e. The van der Waals surface area contributed by atoms with E-state index in [9.17, 15) is 8.78 Å². The average Bonchev–Trinajstić information content (AvgIpc) is 3.26. The first kappa shape index (κ1) is 17.3. The summed E-state index contributed by atoms with van der Waals surface area (Å²) in [4.78, 5) is 0. The maximum Gasteiger partial charge on any atom is 0.151 e. The number of benzene rings is 2. The predicted octanol–water partition coefficient (Wildman–Crippen LogP) is 3.85. The number of hydrogen-bond acceptors (Lipinski definition) is 5. The van der Waals surface area contributed by atoms with E-state index in [2.05, 4.69) is 20.7 Å². The van der Waals surface area contributed by atoms with Crippen molar-refractivity contribution in [3.05, 3.63) is 71.1 Å². The van der Waals surface area contributed by atoms with Crippen LogP contribution < -0.4 is 5.32 Å². The lowest BCUT2D eigenvalue weighted by Gasteiger charge is -2.14. The fourth-order valence-electron chi connectivity index (χ4n) is 3.06. The van der Waals surface area contributed by atoms with E-state index in [1.165, 1.54) is 16.8 Å². The Hall–Kier alpha value is -3.13. The van der Waals surface area contributed by atoms with Gasteiger partial charge in [0, 0.05) is 29.9 Å². The van der Waals surface area contributed by atoms with Crippen molar-refractivity contribution < 1.29 is 13.4 Å². The summed E-state index contributed by atoms with van der Waals surface area (Å²) < 4.78 is 33.4. The van der Waals surface area contributed by atoms with Gasteiger partial charge in [0.2, 0.25) is 0 Å². The summed E-state index contributed by atoms with van der Waals surface area (Å²) in [5.74, 6) is -1.27. The van der Waals surface area contributed by atoms with Crippen LogP contribution in [0.4, 0.5) is 8.78 Å². The normalized spacial score (nSPS) is 12.6. The van der Waals surface area contributed by atoms with E-state index in [0.29, 0.717) is 17.6 Å². The molecule has 0 radical (unpaired) electrons. The minimum absolute atomic E-state index is 0.0200. The molecule has 4 rings (SSSR count). The maximum absolute atomic E-state index is 14.1. The fraction of sp³-hybridized carbons (Fsp3) is 0.211. The summed E-state index contributed by atoms with van der Waals surface area (Å²) >= 11 is 0. The van der Waals surface area contributed by atoms with Crippen molar-refractivity contribution in [3.63, 3.8) is 0 Å². The molecule has 138 valence electrons. The first-order valence-electron chi connectivity index (χ1n) is 8.47. The SMILES string of the molecule is Cc1c(C(C)NCc2ccc3nonc3c2)cnn1-c1ccc(F)cc1F. The first-order chi connectivity index (χ1) is 13.0. The molecule has 27 heavy (non-hydrogen) atoms. The van der Waals surface area contributed by atoms with Gasteiger partial charge in [0.25, 0.3) is 0 Å². The molecule has 0 saturated heterocycles. The first-order valence-corrected chi connectivity index (χ1v) is 8.47. The number of hydrogen-bond donors (Lipinski definition) is 1. The van der Waals surface area contributed by atoms with Crippen LogP contribution in [-0.2, 0) is 6.54 Å². The second kappa shape index (κ2) is 6.88. The van der Waals surface area contributed by atoms with Crippen LogP contribution in [0.15, 0.2) is 47.2 Å². The molecule has 0 aliphatic carbocycles. The Balaban J connectivity index is 1.52. The highest BCUT2D eigenvalue weighted by Crippen LogP contribution is 2.22. The van der Waals surface area contributed by atoms with E-state index >= 15 is 0 Å². The highest BCUT2D eigenvalue weighted by molar-refractivity contribution is 5.73. The Labute approximate surface area is 153 Å². The van der Waals surface area contributed by atoms with Crippen molar-refractivity contribution in [3.8, 4) is 5.69 Å². The number of nitrogens with zero attached hydrogens (tertiary/aromatic N) is 4. The van der Waals surface area contributed by atoms with E-state index in [4.69, 9.17) is 4.63 Å². The van der Waals surface area contributed by atoms with Crippen molar-refractivity contribution in [2.24, 2.45) is 0 Å². The summed E-state index contributed by atoms with van der Waals surface area (Å²) in [7, 11) is 0. The molecule has 1 unspecified atom stereocenters. The van der Waals surface area contributed by atoms with Crippen LogP contribution in [0.25, 0.3) is 16.7 Å². The molecule has 0 bridgehead atoms. The van der Waals surface area contributed by atoms with E-state index in [1.807, 2.05) is 32.0 Å². The summed E-state index contributed by atoms with van der Waals surface area (Å²) in [6.45, 7) is 4.47. The Bertz CT molecular complexity index is 1100. The minimum atomic E-state index is -0.650. The van der Waals surface area contributed by atoms with Gasteiger partial charge in [-0.15, -0.1) is 0 Å². The zero-order valence-electron chi connectivity index (χ0n) is 14.8. The molecular formula is C19H17F2N5O. The molecule has 0 fully saturated rings. The second-order valence-electron chi connectivity index (χ2n) is 6.38. The molecule has 2 heterocycles. The molecule has 1 N–H and O–H groups in total. The molecule has 2 aromatic heterocycles. The number of nitrogens with one attached hydrogen (secondary N) is 1. The van der Waals surface area contributed by atoms with Crippen LogP contribution in [0.5, 0.6) is 0 Å². The van der Waals surface area contributed by atoms with Gasteiger partial charge in [-0.3, -0.25) is 0 Å². The van der Waals surface area contributed by atoms with Crippen molar-refractivity contribution in [1.29, 1.82) is 0 Å². The molecule has 0 saturated carbocycles. The summed E-state index contributed by atoms with van der Waals surface area (Å²) in [5.41, 5.74) is 4.40. The monoisotopic (exact) mass is 369 g/mol. The number of fused-ring (bicyclic) bond motifs is 1. The standard InChI is InChI=1S/C19H17F2N5O/c1-11(22-9-13-3-5-17-18(7-13)25-27-24-17)15-10-23-26(12(15)2)19-6-4-14(20)8-16(19)21/h3-8,10-11,22H,9H2,1-2H3. The number of aromatic nitrogens is 4. The van der Waals surface area contributed by atoms with E-state index in [1.54, 1.807) is 6.20 Å². The third-order valence-electron chi connectivity index (χ3n) is 4.58. The molecule has 0 aliphatic heterocycles. The van der Waals surface area contributed by atoms with Gasteiger partial charge < -0.3 is 5.32 Å². The average molecular weight is 369 g/mol. The summed E-state index contributed by atoms with van der Waals surface area (Å²) in [5, 5.41) is 15.3. The van der Waals surface area contributed by atoms with Gasteiger partial charge >= 0.3 is 0 Å². The van der Waals surface area contributed by atoms with Gasteiger partial charge in [-0.1, -0.05) is 6.07 Å². The highest BCUT2D eigenvalue weighted by Gasteiger charge is 2.16. The van der Waals surface area contributed by atoms with Gasteiger partial charge in [-0.05, 0) is 54.0 Å². The molecular weight excluding hydrogens is 352 g/mol. The number of halogens is 2. The van der Waals surface area contributed by atoms with Crippen molar-refractivity contribution >= 4 is 11.0 Å². The topological polar surface area (TPSA) is 68.8 Å². The third-order valence-corrected chi connectivity index (χ3v) is 4.58. The van der Waals surface area contributed by atoms with E-state index < -0.39 is 11.6 Å². The Morgan fingerprint density at radius 1 is 1.11 bits per heavy atom. The summed E-state index contributed by atoms with van der Waals surface area (Å²) in [6.07, 6.45) is 1.69. The Kier molecular flexibility index (Phi) is 4.41. The van der Waals surface area contributed by atoms with E-state index in [0.717, 1.165) is 22.9 Å². The van der Waals surface area contributed by atoms with Crippen molar-refractivity contribution in [2.75, 3.05) is 0 Å². The fourth-order valence-corrected chi connectivity index (χ4v) is 3.06. The van der Waals surface area contributed by atoms with E-state index in [-0.39, 0.29) is 11.7 Å². The Morgan fingerprint density at radius 3 is 2.74 bits per heavy atom. The van der Waals surface area contributed by atoms with Crippen LogP contribution in [-0.4, -0.2) is 20.1 Å². The maximum atomic E-state index is 14.1. The van der Waals surface area contributed by atoms with Crippen LogP contribution in [0.3, 0.4) is 0 Å². The molecule has 0 amide bonds. The van der Waals surface area contributed by atoms with Crippen LogP contribution in [0.1, 0.15) is 29.8 Å². The number of rotatable bonds is 5. The van der Waals surface area contributed by atoms with Crippen LogP contribution in [0, 0.1) is 18.6 Å². The van der Waals surface area contributed by atoms with Crippen LogP contribution >= 0.6 is 0 Å². The molecule has 1 atom stereocenters. The van der Waals surface area contributed by atoms with Gasteiger partial charge in [0.05, 0.1) is 6.20 Å². The molecule has 0 aliphatic rings. The lowest BCUT2D eigenvalue weighted by atomic mass is 10.1. The lowest BCUT2D eigenvalue weighted by molar-refractivity contribution is 0.315. The zero-order chi connectivity index (χ0) is 19.0. The third kappa shape index (κ3) is 3.31.